The van der Waals surface area contributed by atoms with E-state index in [1.807, 2.05) is 19.1 Å². The van der Waals surface area contributed by atoms with E-state index in [2.05, 4.69) is 47.4 Å². The molecule has 5 heteroatoms. The van der Waals surface area contributed by atoms with Gasteiger partial charge in [-0.05, 0) is 36.8 Å². The average Bonchev–Trinajstić information content (AvgIpc) is 3.25. The molecule has 1 spiro atoms. The summed E-state index contributed by atoms with van der Waals surface area (Å²) in [5, 5.41) is 0. The number of aromatic nitrogens is 1. The Morgan fingerprint density at radius 3 is 2.59 bits per heavy atom. The Morgan fingerprint density at radius 2 is 1.72 bits per heavy atom. The van der Waals surface area contributed by atoms with E-state index in [0.717, 1.165) is 41.7 Å². The Hall–Kier alpha value is -3.21. The van der Waals surface area contributed by atoms with E-state index < -0.39 is 0 Å². The average molecular weight is 386 g/mol. The maximum Gasteiger partial charge on any atom is 0.165 e. The number of nitrogens with zero attached hydrogens (tertiary/aromatic N) is 2. The SMILES string of the molecule is Cc1cccc(CN2CC3(COc4cc5c(cc43)OCCO5)c3ccccc32)n1. The third-order valence-corrected chi connectivity index (χ3v) is 6.15. The first-order valence-corrected chi connectivity index (χ1v) is 10.1. The molecular weight excluding hydrogens is 364 g/mol. The van der Waals surface area contributed by atoms with Crippen LogP contribution in [0.3, 0.4) is 0 Å². The van der Waals surface area contributed by atoms with Crippen LogP contribution in [0.2, 0.25) is 0 Å². The zero-order chi connectivity index (χ0) is 19.4. The summed E-state index contributed by atoms with van der Waals surface area (Å²) in [6.07, 6.45) is 0. The number of hydrogen-bond acceptors (Lipinski definition) is 5. The number of rotatable bonds is 2. The molecule has 1 aromatic heterocycles. The molecule has 29 heavy (non-hydrogen) atoms. The summed E-state index contributed by atoms with van der Waals surface area (Å²) in [5.41, 5.74) is 5.67. The van der Waals surface area contributed by atoms with E-state index in [4.69, 9.17) is 19.2 Å². The van der Waals surface area contributed by atoms with Crippen molar-refractivity contribution in [3.63, 3.8) is 0 Å². The van der Waals surface area contributed by atoms with Crippen LogP contribution in [-0.4, -0.2) is 31.3 Å². The van der Waals surface area contributed by atoms with Gasteiger partial charge in [0.1, 0.15) is 25.6 Å². The van der Waals surface area contributed by atoms with Gasteiger partial charge in [-0.15, -0.1) is 0 Å². The highest BCUT2D eigenvalue weighted by Crippen LogP contribution is 2.54. The first kappa shape index (κ1) is 16.7. The van der Waals surface area contributed by atoms with E-state index in [1.165, 1.54) is 16.8 Å². The molecule has 4 heterocycles. The Kier molecular flexibility index (Phi) is 3.54. The van der Waals surface area contributed by atoms with Gasteiger partial charge in [-0.2, -0.15) is 0 Å². The quantitative estimate of drug-likeness (QED) is 0.669. The minimum absolute atomic E-state index is 0.203. The van der Waals surface area contributed by atoms with Gasteiger partial charge >= 0.3 is 0 Å². The van der Waals surface area contributed by atoms with Crippen molar-refractivity contribution < 1.29 is 14.2 Å². The molecule has 0 aliphatic carbocycles. The van der Waals surface area contributed by atoms with Gasteiger partial charge in [-0.1, -0.05) is 24.3 Å². The monoisotopic (exact) mass is 386 g/mol. The topological polar surface area (TPSA) is 43.8 Å². The minimum atomic E-state index is -0.203. The summed E-state index contributed by atoms with van der Waals surface area (Å²) in [7, 11) is 0. The molecule has 0 bridgehead atoms. The van der Waals surface area contributed by atoms with Crippen LogP contribution >= 0.6 is 0 Å². The van der Waals surface area contributed by atoms with Gasteiger partial charge in [0.05, 0.1) is 17.7 Å². The van der Waals surface area contributed by atoms with Crippen LogP contribution in [-0.2, 0) is 12.0 Å². The lowest BCUT2D eigenvalue weighted by Crippen LogP contribution is -2.36. The molecule has 0 saturated heterocycles. The molecule has 2 aromatic carbocycles. The van der Waals surface area contributed by atoms with Crippen LogP contribution in [0.25, 0.3) is 0 Å². The smallest absolute Gasteiger partial charge is 0.165 e. The van der Waals surface area contributed by atoms with Crippen LogP contribution in [0.4, 0.5) is 5.69 Å². The Balaban J connectivity index is 1.44. The van der Waals surface area contributed by atoms with Gasteiger partial charge in [0, 0.05) is 29.6 Å². The van der Waals surface area contributed by atoms with Crippen molar-refractivity contribution in [1.82, 2.24) is 4.98 Å². The van der Waals surface area contributed by atoms with Gasteiger partial charge in [-0.3, -0.25) is 4.98 Å². The van der Waals surface area contributed by atoms with Gasteiger partial charge in [0.25, 0.3) is 0 Å². The van der Waals surface area contributed by atoms with Crippen molar-refractivity contribution in [1.29, 1.82) is 0 Å². The Morgan fingerprint density at radius 1 is 0.897 bits per heavy atom. The molecule has 146 valence electrons. The fraction of sp³-hybridized carbons (Fsp3) is 0.292. The summed E-state index contributed by atoms with van der Waals surface area (Å²) < 4.78 is 17.8. The molecular formula is C24H22N2O3. The van der Waals surface area contributed by atoms with Crippen LogP contribution in [0.5, 0.6) is 17.2 Å². The predicted molar refractivity (Wildman–Crippen MR) is 110 cm³/mol. The molecule has 5 nitrogen and oxygen atoms in total. The van der Waals surface area contributed by atoms with Crippen LogP contribution in [0.15, 0.2) is 54.6 Å². The second kappa shape index (κ2) is 6.14. The number of fused-ring (bicyclic) bond motifs is 5. The van der Waals surface area contributed by atoms with Crippen molar-refractivity contribution in [2.45, 2.75) is 18.9 Å². The summed E-state index contributed by atoms with van der Waals surface area (Å²) in [6.45, 7) is 5.46. The van der Waals surface area contributed by atoms with E-state index in [1.54, 1.807) is 0 Å². The number of aryl methyl sites for hydroxylation is 1. The van der Waals surface area contributed by atoms with Gasteiger partial charge < -0.3 is 19.1 Å². The van der Waals surface area contributed by atoms with Crippen LogP contribution in [0.1, 0.15) is 22.5 Å². The second-order valence-electron chi connectivity index (χ2n) is 8.01. The Bertz CT molecular complexity index is 1110. The van der Waals surface area contributed by atoms with Crippen LogP contribution < -0.4 is 19.1 Å². The molecule has 1 atom stereocenters. The third kappa shape index (κ3) is 2.50. The lowest BCUT2D eigenvalue weighted by Gasteiger charge is -2.26. The van der Waals surface area contributed by atoms with Gasteiger partial charge in [0.2, 0.25) is 0 Å². The van der Waals surface area contributed by atoms with Crippen molar-refractivity contribution in [3.05, 3.63) is 77.1 Å². The number of para-hydroxylation sites is 1. The summed E-state index contributed by atoms with van der Waals surface area (Å²) in [4.78, 5) is 7.14. The number of hydrogen-bond donors (Lipinski definition) is 0. The highest BCUT2D eigenvalue weighted by Gasteiger charge is 2.50. The zero-order valence-electron chi connectivity index (χ0n) is 16.4. The molecule has 3 aromatic rings. The van der Waals surface area contributed by atoms with Gasteiger partial charge in [-0.25, -0.2) is 0 Å². The van der Waals surface area contributed by atoms with Crippen molar-refractivity contribution >= 4 is 5.69 Å². The lowest BCUT2D eigenvalue weighted by atomic mass is 9.77. The largest absolute Gasteiger partial charge is 0.492 e. The fourth-order valence-electron chi connectivity index (χ4n) is 4.87. The molecule has 0 fully saturated rings. The molecule has 3 aliphatic heterocycles. The summed E-state index contributed by atoms with van der Waals surface area (Å²) in [6, 6.07) is 19.0. The first-order valence-electron chi connectivity index (χ1n) is 10.1. The van der Waals surface area contributed by atoms with Crippen molar-refractivity contribution in [2.75, 3.05) is 31.3 Å². The van der Waals surface area contributed by atoms with E-state index in [0.29, 0.717) is 19.8 Å². The highest BCUT2D eigenvalue weighted by atomic mass is 16.6. The molecule has 0 N–H and O–H groups in total. The molecule has 1 unspecified atom stereocenters. The number of ether oxygens (including phenoxy) is 3. The first-order chi connectivity index (χ1) is 14.2. The van der Waals surface area contributed by atoms with Crippen molar-refractivity contribution in [2.24, 2.45) is 0 Å². The maximum absolute atomic E-state index is 6.20. The normalized spacial score (nSPS) is 21.1. The molecule has 0 radical (unpaired) electrons. The molecule has 3 aliphatic rings. The van der Waals surface area contributed by atoms with E-state index in [-0.39, 0.29) is 5.41 Å². The molecule has 0 amide bonds. The van der Waals surface area contributed by atoms with E-state index >= 15 is 0 Å². The van der Waals surface area contributed by atoms with Crippen LogP contribution in [0, 0.1) is 6.92 Å². The number of anilines is 1. The lowest BCUT2D eigenvalue weighted by molar-refractivity contribution is 0.171. The second-order valence-corrected chi connectivity index (χ2v) is 8.01. The number of benzene rings is 2. The molecule has 0 saturated carbocycles. The third-order valence-electron chi connectivity index (χ3n) is 6.15. The highest BCUT2D eigenvalue weighted by molar-refractivity contribution is 5.70. The minimum Gasteiger partial charge on any atom is -0.492 e. The van der Waals surface area contributed by atoms with Gasteiger partial charge in [0.15, 0.2) is 11.5 Å². The Labute approximate surface area is 169 Å². The standard InChI is InChI=1S/C24H22N2O3/c1-16-5-4-6-17(25-16)13-26-14-24(18-7-2-3-8-20(18)26)15-29-21-12-23-22(11-19(21)24)27-9-10-28-23/h2-8,11-12H,9-10,13-15H2,1H3. The molecule has 6 rings (SSSR count). The predicted octanol–water partition coefficient (Wildman–Crippen LogP) is 3.86. The summed E-state index contributed by atoms with van der Waals surface area (Å²) in [5.74, 6) is 2.50. The maximum atomic E-state index is 6.20. The van der Waals surface area contributed by atoms with E-state index in [9.17, 15) is 0 Å². The number of pyridine rings is 1. The van der Waals surface area contributed by atoms with Crippen molar-refractivity contribution in [3.8, 4) is 17.2 Å². The summed E-state index contributed by atoms with van der Waals surface area (Å²) >= 11 is 0. The fourth-order valence-corrected chi connectivity index (χ4v) is 4.87. The zero-order valence-corrected chi connectivity index (χ0v) is 16.4.